The predicted octanol–water partition coefficient (Wildman–Crippen LogP) is 4.88. The van der Waals surface area contributed by atoms with E-state index in [1.54, 1.807) is 0 Å². The van der Waals surface area contributed by atoms with Crippen molar-refractivity contribution in [3.05, 3.63) is 82.1 Å². The number of nitrogens with zero attached hydrogens (tertiary/aromatic N) is 3. The van der Waals surface area contributed by atoms with Crippen LogP contribution in [0.15, 0.2) is 72.8 Å². The highest BCUT2D eigenvalue weighted by Gasteiger charge is 2.13. The van der Waals surface area contributed by atoms with Gasteiger partial charge in [0.1, 0.15) is 5.75 Å². The van der Waals surface area contributed by atoms with Gasteiger partial charge >= 0.3 is 0 Å². The first kappa shape index (κ1) is 15.1. The highest BCUT2D eigenvalue weighted by Crippen LogP contribution is 2.27. The van der Waals surface area contributed by atoms with E-state index in [2.05, 4.69) is 57.2 Å². The van der Waals surface area contributed by atoms with Crippen LogP contribution in [0.5, 0.6) is 11.6 Å². The third kappa shape index (κ3) is 3.12. The highest BCUT2D eigenvalue weighted by molar-refractivity contribution is 14.1. The van der Waals surface area contributed by atoms with Crippen molar-refractivity contribution in [2.45, 2.75) is 6.54 Å². The summed E-state index contributed by atoms with van der Waals surface area (Å²) in [6.45, 7) is 0.674. The lowest BCUT2D eigenvalue weighted by molar-refractivity contribution is 0.459. The zero-order chi connectivity index (χ0) is 16.4. The summed E-state index contributed by atoms with van der Waals surface area (Å²) >= 11 is 2.22. The van der Waals surface area contributed by atoms with Gasteiger partial charge in [0.25, 0.3) is 5.88 Å². The van der Waals surface area contributed by atoms with E-state index in [-0.39, 0.29) is 0 Å². The Morgan fingerprint density at radius 2 is 1.62 bits per heavy atom. The number of benzene rings is 3. The van der Waals surface area contributed by atoms with Crippen molar-refractivity contribution in [2.24, 2.45) is 0 Å². The second-order valence-corrected chi connectivity index (χ2v) is 6.46. The predicted molar refractivity (Wildman–Crippen MR) is 102 cm³/mol. The molecule has 0 saturated heterocycles. The van der Waals surface area contributed by atoms with E-state index in [1.165, 1.54) is 10.9 Å². The Morgan fingerprint density at radius 1 is 0.875 bits per heavy atom. The van der Waals surface area contributed by atoms with E-state index >= 15 is 0 Å². The molecule has 1 aromatic heterocycles. The first-order chi connectivity index (χ1) is 11.8. The Balaban J connectivity index is 1.58. The molecule has 0 aliphatic carbocycles. The number of hydrogen-bond acceptors (Lipinski definition) is 3. The molecule has 4 aromatic rings. The van der Waals surface area contributed by atoms with Crippen molar-refractivity contribution in [2.75, 3.05) is 0 Å². The molecule has 0 aliphatic heterocycles. The Bertz CT molecular complexity index is 982. The van der Waals surface area contributed by atoms with Crippen LogP contribution in [0.4, 0.5) is 0 Å². The van der Waals surface area contributed by atoms with Crippen LogP contribution < -0.4 is 4.74 Å². The fraction of sp³-hybridized carbons (Fsp3) is 0.0526. The van der Waals surface area contributed by atoms with E-state index in [4.69, 9.17) is 4.74 Å². The maximum absolute atomic E-state index is 5.93. The lowest BCUT2D eigenvalue weighted by Crippen LogP contribution is -2.03. The standard InChI is InChI=1S/C19H14IN3O/c20-18-19(21-22-23(18)13-14-6-2-1-3-7-14)24-17-11-10-15-8-4-5-9-16(15)12-17/h1-12H,13H2. The minimum Gasteiger partial charge on any atom is -0.436 e. The van der Waals surface area contributed by atoms with Gasteiger partial charge in [-0.25, -0.2) is 4.68 Å². The average Bonchev–Trinajstić information content (AvgIpc) is 2.96. The fourth-order valence-electron chi connectivity index (χ4n) is 2.55. The van der Waals surface area contributed by atoms with Gasteiger partial charge in [-0.1, -0.05) is 71.0 Å². The molecule has 5 heteroatoms. The molecule has 0 fully saturated rings. The maximum Gasteiger partial charge on any atom is 0.272 e. The molecule has 0 saturated carbocycles. The Kier molecular flexibility index (Phi) is 4.17. The van der Waals surface area contributed by atoms with Crippen molar-refractivity contribution in [1.82, 2.24) is 15.0 Å². The largest absolute Gasteiger partial charge is 0.436 e. The third-order valence-electron chi connectivity index (χ3n) is 3.76. The van der Waals surface area contributed by atoms with E-state index in [0.717, 1.165) is 14.8 Å². The summed E-state index contributed by atoms with van der Waals surface area (Å²) in [4.78, 5) is 0. The molecule has 0 aliphatic rings. The van der Waals surface area contributed by atoms with Gasteiger partial charge in [0.05, 0.1) is 6.54 Å². The number of aromatic nitrogens is 3. The summed E-state index contributed by atoms with van der Waals surface area (Å²) in [5, 5.41) is 10.7. The number of ether oxygens (including phenoxy) is 1. The van der Waals surface area contributed by atoms with Crippen LogP contribution in [0.25, 0.3) is 10.8 Å². The normalized spacial score (nSPS) is 10.9. The molecule has 4 nitrogen and oxygen atoms in total. The zero-order valence-corrected chi connectivity index (χ0v) is 14.9. The molecule has 0 amide bonds. The molecule has 3 aromatic carbocycles. The fourth-order valence-corrected chi connectivity index (χ4v) is 3.03. The summed E-state index contributed by atoms with van der Waals surface area (Å²) < 4.78 is 8.65. The molecule has 1 heterocycles. The quantitative estimate of drug-likeness (QED) is 0.436. The van der Waals surface area contributed by atoms with Crippen molar-refractivity contribution in [3.63, 3.8) is 0 Å². The molecule has 0 unspecified atom stereocenters. The van der Waals surface area contributed by atoms with Crippen molar-refractivity contribution in [3.8, 4) is 11.6 Å². The van der Waals surface area contributed by atoms with E-state index in [1.807, 2.05) is 53.2 Å². The second-order valence-electron chi connectivity index (χ2n) is 5.44. The van der Waals surface area contributed by atoms with Crippen LogP contribution >= 0.6 is 22.6 Å². The summed E-state index contributed by atoms with van der Waals surface area (Å²) in [6, 6.07) is 24.4. The van der Waals surface area contributed by atoms with Gasteiger partial charge in [0.2, 0.25) is 0 Å². The molecular formula is C19H14IN3O. The molecule has 0 radical (unpaired) electrons. The van der Waals surface area contributed by atoms with Crippen LogP contribution in [0.2, 0.25) is 0 Å². The minimum atomic E-state index is 0.529. The first-order valence-corrected chi connectivity index (χ1v) is 8.67. The van der Waals surface area contributed by atoms with Gasteiger partial charge < -0.3 is 4.74 Å². The first-order valence-electron chi connectivity index (χ1n) is 7.59. The number of fused-ring (bicyclic) bond motifs is 1. The SMILES string of the molecule is Ic1c(Oc2ccc3ccccc3c2)nnn1Cc1ccccc1. The Morgan fingerprint density at radius 3 is 2.46 bits per heavy atom. The summed E-state index contributed by atoms with van der Waals surface area (Å²) in [7, 11) is 0. The number of hydrogen-bond donors (Lipinski definition) is 0. The zero-order valence-electron chi connectivity index (χ0n) is 12.8. The summed E-state index contributed by atoms with van der Waals surface area (Å²) in [6.07, 6.45) is 0. The van der Waals surface area contributed by atoms with Gasteiger partial charge in [-0.05, 0) is 51.1 Å². The lowest BCUT2D eigenvalue weighted by Gasteiger charge is -2.05. The van der Waals surface area contributed by atoms with Crippen molar-refractivity contribution >= 4 is 33.4 Å². The van der Waals surface area contributed by atoms with Crippen molar-refractivity contribution in [1.29, 1.82) is 0 Å². The molecule has 4 rings (SSSR count). The Hall–Kier alpha value is -2.41. The van der Waals surface area contributed by atoms with E-state index < -0.39 is 0 Å². The van der Waals surface area contributed by atoms with Crippen LogP contribution in [-0.4, -0.2) is 15.0 Å². The van der Waals surface area contributed by atoms with E-state index in [0.29, 0.717) is 12.4 Å². The van der Waals surface area contributed by atoms with Crippen molar-refractivity contribution < 1.29 is 4.74 Å². The van der Waals surface area contributed by atoms with Crippen LogP contribution in [0.3, 0.4) is 0 Å². The van der Waals surface area contributed by atoms with Crippen LogP contribution in [0.1, 0.15) is 5.56 Å². The monoisotopic (exact) mass is 427 g/mol. The minimum absolute atomic E-state index is 0.529. The summed E-state index contributed by atoms with van der Waals surface area (Å²) in [5.41, 5.74) is 1.18. The van der Waals surface area contributed by atoms with Gasteiger partial charge in [0, 0.05) is 0 Å². The molecule has 0 atom stereocenters. The maximum atomic E-state index is 5.93. The molecule has 0 bridgehead atoms. The van der Waals surface area contributed by atoms with Gasteiger partial charge in [-0.2, -0.15) is 0 Å². The topological polar surface area (TPSA) is 39.9 Å². The smallest absolute Gasteiger partial charge is 0.272 e. The average molecular weight is 427 g/mol. The number of halogens is 1. The van der Waals surface area contributed by atoms with Gasteiger partial charge in [0.15, 0.2) is 3.70 Å². The lowest BCUT2D eigenvalue weighted by atomic mass is 10.1. The van der Waals surface area contributed by atoms with Crippen LogP contribution in [-0.2, 0) is 6.54 Å². The molecular weight excluding hydrogens is 413 g/mol. The summed E-state index contributed by atoms with van der Waals surface area (Å²) in [5.74, 6) is 1.29. The third-order valence-corrected chi connectivity index (χ3v) is 4.78. The highest BCUT2D eigenvalue weighted by atomic mass is 127. The van der Waals surface area contributed by atoms with E-state index in [9.17, 15) is 0 Å². The second kappa shape index (κ2) is 6.60. The van der Waals surface area contributed by atoms with Gasteiger partial charge in [-0.15, -0.1) is 0 Å². The molecule has 0 spiro atoms. The van der Waals surface area contributed by atoms with Crippen LogP contribution in [0, 0.1) is 3.70 Å². The molecule has 0 N–H and O–H groups in total. The molecule has 118 valence electrons. The molecule has 24 heavy (non-hydrogen) atoms. The Labute approximate surface area is 153 Å². The van der Waals surface area contributed by atoms with Gasteiger partial charge in [-0.3, -0.25) is 0 Å². The number of rotatable bonds is 4.